The Bertz CT molecular complexity index is 1510. The number of aromatic nitrogens is 1. The van der Waals surface area contributed by atoms with Crippen LogP contribution in [0.15, 0.2) is 84.6 Å². The third-order valence-corrected chi connectivity index (χ3v) is 6.71. The number of carbonyl (C=O) groups excluding carboxylic acids is 2. The number of Topliss-reactive ketones (excluding diaryl/α,β-unsaturated/α-hetero) is 1. The van der Waals surface area contributed by atoms with Crippen molar-refractivity contribution in [1.82, 2.24) is 4.98 Å². The number of aliphatic hydroxyl groups is 1. The summed E-state index contributed by atoms with van der Waals surface area (Å²) in [5, 5.41) is 12.3. The number of rotatable bonds is 4. The maximum absolute atomic E-state index is 13.5. The van der Waals surface area contributed by atoms with Crippen molar-refractivity contribution in [2.45, 2.75) is 32.2 Å². The van der Waals surface area contributed by atoms with Gasteiger partial charge in [0.2, 0.25) is 0 Å². The van der Waals surface area contributed by atoms with Crippen LogP contribution in [0.4, 0.5) is 5.69 Å². The number of para-hydroxylation sites is 1. The largest absolute Gasteiger partial charge is 0.507 e. The van der Waals surface area contributed by atoms with Gasteiger partial charge >= 0.3 is 0 Å². The van der Waals surface area contributed by atoms with E-state index in [-0.39, 0.29) is 16.7 Å². The Labute approximate surface area is 209 Å². The molecule has 0 bridgehead atoms. The Morgan fingerprint density at radius 1 is 0.972 bits per heavy atom. The average Bonchev–Trinajstić information content (AvgIpc) is 3.42. The molecule has 2 N–H and O–H groups in total. The van der Waals surface area contributed by atoms with Gasteiger partial charge in [0, 0.05) is 28.4 Å². The number of ether oxygens (including phenoxy) is 1. The van der Waals surface area contributed by atoms with E-state index in [9.17, 15) is 14.7 Å². The normalized spacial score (nSPS) is 17.7. The van der Waals surface area contributed by atoms with E-state index in [4.69, 9.17) is 4.74 Å². The minimum atomic E-state index is -0.825. The summed E-state index contributed by atoms with van der Waals surface area (Å²) in [5.74, 6) is -1.04. The minimum Gasteiger partial charge on any atom is -0.507 e. The zero-order valence-electron chi connectivity index (χ0n) is 20.7. The number of anilines is 1. The van der Waals surface area contributed by atoms with Gasteiger partial charge < -0.3 is 14.8 Å². The number of ketones is 1. The molecule has 182 valence electrons. The Morgan fingerprint density at radius 3 is 2.39 bits per heavy atom. The van der Waals surface area contributed by atoms with Crippen molar-refractivity contribution in [3.8, 4) is 5.75 Å². The number of nitrogens with zero attached hydrogens (tertiary/aromatic N) is 1. The summed E-state index contributed by atoms with van der Waals surface area (Å²) in [6.45, 7) is 6.35. The predicted molar refractivity (Wildman–Crippen MR) is 141 cm³/mol. The summed E-state index contributed by atoms with van der Waals surface area (Å²) in [6, 6.07) is 21.5. The summed E-state index contributed by atoms with van der Waals surface area (Å²) in [4.78, 5) is 31.5. The van der Waals surface area contributed by atoms with Crippen LogP contribution in [0.2, 0.25) is 0 Å². The molecule has 1 saturated heterocycles. The van der Waals surface area contributed by atoms with Crippen LogP contribution in [0.5, 0.6) is 5.75 Å². The molecule has 0 aliphatic carbocycles. The predicted octanol–water partition coefficient (Wildman–Crippen LogP) is 6.10. The molecule has 3 aromatic carbocycles. The topological polar surface area (TPSA) is 82.6 Å². The van der Waals surface area contributed by atoms with E-state index < -0.39 is 17.7 Å². The van der Waals surface area contributed by atoms with E-state index in [0.29, 0.717) is 22.6 Å². The van der Waals surface area contributed by atoms with Crippen molar-refractivity contribution < 1.29 is 19.4 Å². The first-order chi connectivity index (χ1) is 17.2. The molecule has 2 heterocycles. The van der Waals surface area contributed by atoms with Crippen LogP contribution in [-0.4, -0.2) is 28.9 Å². The molecule has 1 aliphatic heterocycles. The van der Waals surface area contributed by atoms with Crippen molar-refractivity contribution in [3.05, 3.63) is 101 Å². The van der Waals surface area contributed by atoms with Crippen molar-refractivity contribution >= 4 is 34.0 Å². The smallest absolute Gasteiger partial charge is 0.300 e. The van der Waals surface area contributed by atoms with Gasteiger partial charge in [-0.15, -0.1) is 0 Å². The Balaban J connectivity index is 1.72. The van der Waals surface area contributed by atoms with Crippen molar-refractivity contribution in [3.63, 3.8) is 0 Å². The second-order valence-corrected chi connectivity index (χ2v) is 9.99. The lowest BCUT2D eigenvalue weighted by atomic mass is 9.87. The fourth-order valence-corrected chi connectivity index (χ4v) is 4.76. The van der Waals surface area contributed by atoms with Gasteiger partial charge in [-0.25, -0.2) is 0 Å². The Morgan fingerprint density at radius 2 is 1.69 bits per heavy atom. The molecule has 6 heteroatoms. The van der Waals surface area contributed by atoms with Crippen LogP contribution < -0.4 is 9.64 Å². The van der Waals surface area contributed by atoms with Gasteiger partial charge in [0.05, 0.1) is 18.7 Å². The Hall–Kier alpha value is -4.32. The standard InChI is InChI=1S/C30H28N2O4/c1-30(2,3)19-12-14-20(15-13-19)32-26(18-8-7-9-21(16-18)36-4)25(28(34)29(32)35)27(33)23-17-31-24-11-6-5-10-22(23)24/h5-17,26,31,33H,1-4H3/b27-25-. The molecule has 1 aromatic heterocycles. The zero-order valence-corrected chi connectivity index (χ0v) is 20.7. The molecular weight excluding hydrogens is 452 g/mol. The van der Waals surface area contributed by atoms with E-state index in [1.807, 2.05) is 60.7 Å². The van der Waals surface area contributed by atoms with Crippen molar-refractivity contribution in [2.24, 2.45) is 0 Å². The molecule has 1 amide bonds. The van der Waals surface area contributed by atoms with Crippen LogP contribution in [0, 0.1) is 0 Å². The molecule has 5 rings (SSSR count). The second-order valence-electron chi connectivity index (χ2n) is 9.99. The maximum atomic E-state index is 13.5. The fourth-order valence-electron chi connectivity index (χ4n) is 4.76. The molecule has 1 atom stereocenters. The molecule has 4 aromatic rings. The molecule has 1 unspecified atom stereocenters. The minimum absolute atomic E-state index is 0.0397. The van der Waals surface area contributed by atoms with E-state index in [0.717, 1.165) is 16.5 Å². The number of fused-ring (bicyclic) bond motifs is 1. The van der Waals surface area contributed by atoms with Gasteiger partial charge in [-0.2, -0.15) is 0 Å². The first kappa shape index (κ1) is 23.4. The summed E-state index contributed by atoms with van der Waals surface area (Å²) >= 11 is 0. The number of hydrogen-bond acceptors (Lipinski definition) is 4. The molecule has 0 radical (unpaired) electrons. The highest BCUT2D eigenvalue weighted by atomic mass is 16.5. The van der Waals surface area contributed by atoms with Gasteiger partial charge in [0.15, 0.2) is 0 Å². The highest BCUT2D eigenvalue weighted by Gasteiger charge is 2.47. The number of hydrogen-bond donors (Lipinski definition) is 2. The number of aliphatic hydroxyl groups excluding tert-OH is 1. The van der Waals surface area contributed by atoms with Gasteiger partial charge in [-0.05, 0) is 46.9 Å². The van der Waals surface area contributed by atoms with Crippen LogP contribution in [0.25, 0.3) is 16.7 Å². The molecule has 1 fully saturated rings. The molecular formula is C30H28N2O4. The fraction of sp³-hybridized carbons (Fsp3) is 0.200. The highest BCUT2D eigenvalue weighted by molar-refractivity contribution is 6.51. The summed E-state index contributed by atoms with van der Waals surface area (Å²) in [5.41, 5.74) is 3.63. The first-order valence-corrected chi connectivity index (χ1v) is 11.8. The number of H-pyrrole nitrogens is 1. The number of nitrogens with one attached hydrogen (secondary N) is 1. The number of benzene rings is 3. The van der Waals surface area contributed by atoms with Gasteiger partial charge in [-0.1, -0.05) is 63.2 Å². The molecule has 0 spiro atoms. The second kappa shape index (κ2) is 8.72. The number of aromatic amines is 1. The lowest BCUT2D eigenvalue weighted by molar-refractivity contribution is -0.132. The van der Waals surface area contributed by atoms with E-state index in [1.54, 1.807) is 25.4 Å². The van der Waals surface area contributed by atoms with Gasteiger partial charge in [0.25, 0.3) is 11.7 Å². The quantitative estimate of drug-likeness (QED) is 0.210. The lowest BCUT2D eigenvalue weighted by Crippen LogP contribution is -2.29. The summed E-state index contributed by atoms with van der Waals surface area (Å²) in [6.07, 6.45) is 1.66. The van der Waals surface area contributed by atoms with E-state index in [2.05, 4.69) is 25.8 Å². The third kappa shape index (κ3) is 3.85. The molecule has 1 aliphatic rings. The monoisotopic (exact) mass is 480 g/mol. The zero-order chi connectivity index (χ0) is 25.6. The summed E-state index contributed by atoms with van der Waals surface area (Å²) < 4.78 is 5.42. The molecule has 6 nitrogen and oxygen atoms in total. The van der Waals surface area contributed by atoms with E-state index >= 15 is 0 Å². The van der Waals surface area contributed by atoms with Crippen LogP contribution >= 0.6 is 0 Å². The van der Waals surface area contributed by atoms with Gasteiger partial charge in [0.1, 0.15) is 11.5 Å². The third-order valence-electron chi connectivity index (χ3n) is 6.71. The molecule has 36 heavy (non-hydrogen) atoms. The number of amides is 1. The number of methoxy groups -OCH3 is 1. The van der Waals surface area contributed by atoms with Crippen molar-refractivity contribution in [1.29, 1.82) is 0 Å². The first-order valence-electron chi connectivity index (χ1n) is 11.8. The maximum Gasteiger partial charge on any atom is 0.300 e. The van der Waals surface area contributed by atoms with Crippen LogP contribution in [0.3, 0.4) is 0 Å². The van der Waals surface area contributed by atoms with Crippen LogP contribution in [0.1, 0.15) is 43.5 Å². The van der Waals surface area contributed by atoms with Gasteiger partial charge in [-0.3, -0.25) is 14.5 Å². The van der Waals surface area contributed by atoms with Crippen molar-refractivity contribution in [2.75, 3.05) is 12.0 Å². The van der Waals surface area contributed by atoms with E-state index in [1.165, 1.54) is 4.90 Å². The lowest BCUT2D eigenvalue weighted by Gasteiger charge is -2.27. The Kier molecular flexibility index (Phi) is 5.67. The average molecular weight is 481 g/mol. The number of carbonyl (C=O) groups is 2. The SMILES string of the molecule is COc1cccc(C2/C(=C(/O)c3c[nH]c4ccccc34)C(=O)C(=O)N2c2ccc(C(C)(C)C)cc2)c1. The molecule has 0 saturated carbocycles. The van der Waals surface area contributed by atoms with Crippen LogP contribution in [-0.2, 0) is 15.0 Å². The summed E-state index contributed by atoms with van der Waals surface area (Å²) in [7, 11) is 1.56. The highest BCUT2D eigenvalue weighted by Crippen LogP contribution is 2.44.